The average Bonchev–Trinajstić information content (AvgIpc) is 2.30. The van der Waals surface area contributed by atoms with Crippen LogP contribution in [0.25, 0.3) is 0 Å². The van der Waals surface area contributed by atoms with Crippen LogP contribution in [0.4, 0.5) is 21.9 Å². The summed E-state index contributed by atoms with van der Waals surface area (Å²) in [5.74, 6) is 0. The number of benzene rings is 1. The van der Waals surface area contributed by atoms with Gasteiger partial charge >= 0.3 is 6.09 Å². The van der Waals surface area contributed by atoms with Crippen molar-refractivity contribution in [3.8, 4) is 0 Å². The highest BCUT2D eigenvalue weighted by Crippen LogP contribution is 2.36. The van der Waals surface area contributed by atoms with Gasteiger partial charge in [0, 0.05) is 5.69 Å². The first-order chi connectivity index (χ1) is 8.86. The first-order valence-corrected chi connectivity index (χ1v) is 5.27. The lowest BCUT2D eigenvalue weighted by Gasteiger charge is -2.39. The van der Waals surface area contributed by atoms with Gasteiger partial charge in [-0.2, -0.15) is 0 Å². The van der Waals surface area contributed by atoms with Gasteiger partial charge in [0.1, 0.15) is 5.69 Å². The molecule has 0 atom stereocenters. The van der Waals surface area contributed by atoms with Crippen molar-refractivity contribution in [2.45, 2.75) is 13.8 Å². The molecular weight excluding hydrogens is 258 g/mol. The normalized spacial score (nSPS) is 10.0. The summed E-state index contributed by atoms with van der Waals surface area (Å²) in [6.45, 7) is 3.17. The molecule has 0 heterocycles. The maximum Gasteiger partial charge on any atom is 0.411 e. The number of carbonyl (C=O) groups is 1. The quantitative estimate of drug-likeness (QED) is 0.708. The molecule has 106 valence electrons. The van der Waals surface area contributed by atoms with E-state index in [4.69, 9.17) is 10.4 Å². The Labute approximate surface area is 108 Å². The predicted molar refractivity (Wildman–Crippen MR) is 67.1 cm³/mol. The number of nitrogens with one attached hydrogen (secondary N) is 1. The van der Waals surface area contributed by atoms with Crippen LogP contribution in [-0.4, -0.2) is 23.1 Å². The first-order valence-electron chi connectivity index (χ1n) is 5.27. The fraction of sp³-hybridized carbons (Fsp3) is 0.300. The number of ether oxygens (including phenoxy) is 1. The van der Waals surface area contributed by atoms with Gasteiger partial charge in [-0.25, -0.2) is 4.79 Å². The second-order valence-electron chi connectivity index (χ2n) is 3.57. The average molecular weight is 271 g/mol. The molecule has 0 fully saturated rings. The van der Waals surface area contributed by atoms with Crippen molar-refractivity contribution in [3.63, 3.8) is 0 Å². The van der Waals surface area contributed by atoms with Gasteiger partial charge in [0.25, 0.3) is 0 Å². The van der Waals surface area contributed by atoms with E-state index in [-0.39, 0.29) is 23.2 Å². The van der Waals surface area contributed by atoms with Crippen LogP contribution in [0, 0.1) is 17.3 Å². The van der Waals surface area contributed by atoms with Gasteiger partial charge < -0.3 is 20.4 Å². The monoisotopic (exact) mass is 271 g/mol. The fourth-order valence-corrected chi connectivity index (χ4v) is 1.45. The second-order valence-corrected chi connectivity index (χ2v) is 3.57. The minimum atomic E-state index is -0.933. The van der Waals surface area contributed by atoms with Gasteiger partial charge in [-0.05, 0) is 31.5 Å². The van der Waals surface area contributed by atoms with E-state index in [9.17, 15) is 15.2 Å². The summed E-state index contributed by atoms with van der Waals surface area (Å²) in [5, 5.41) is 41.0. The lowest BCUT2D eigenvalue weighted by atomic mass is 10.1. The highest BCUT2D eigenvalue weighted by Gasteiger charge is 2.16. The molecule has 9 heteroatoms. The van der Waals surface area contributed by atoms with E-state index in [1.807, 2.05) is 0 Å². The van der Waals surface area contributed by atoms with Crippen LogP contribution in [0.1, 0.15) is 12.5 Å². The van der Waals surface area contributed by atoms with Crippen LogP contribution in [0.5, 0.6) is 0 Å². The van der Waals surface area contributed by atoms with Crippen LogP contribution in [0.15, 0.2) is 12.1 Å². The third-order valence-electron chi connectivity index (χ3n) is 2.16. The number of rotatable bonds is 4. The summed E-state index contributed by atoms with van der Waals surface area (Å²) in [5.41, 5.74) is -0.751. The largest absolute Gasteiger partial charge is 0.769 e. The summed E-state index contributed by atoms with van der Waals surface area (Å²) < 4.78 is 4.59. The van der Waals surface area contributed by atoms with Crippen LogP contribution < -0.4 is 15.8 Å². The van der Waals surface area contributed by atoms with E-state index in [2.05, 4.69) is 10.1 Å². The summed E-state index contributed by atoms with van der Waals surface area (Å²) in [6.07, 6.45) is -0.933. The van der Waals surface area contributed by atoms with E-state index in [1.165, 1.54) is 19.1 Å². The number of hydrogen-bond donors (Lipinski definition) is 3. The van der Waals surface area contributed by atoms with Crippen molar-refractivity contribution >= 4 is 23.2 Å². The van der Waals surface area contributed by atoms with Crippen molar-refractivity contribution in [1.29, 1.82) is 0 Å². The van der Waals surface area contributed by atoms with E-state index in [0.29, 0.717) is 5.56 Å². The van der Waals surface area contributed by atoms with Crippen LogP contribution in [0.2, 0.25) is 0 Å². The van der Waals surface area contributed by atoms with Crippen molar-refractivity contribution < 1.29 is 19.9 Å². The maximum atomic E-state index is 11.3. The Balaban J connectivity index is 3.27. The lowest BCUT2D eigenvalue weighted by Crippen LogP contribution is -2.21. The SMILES string of the molecule is CCOC(=O)Nc1c(N([O-])[O-])cc(C)cc1N(O)O. The molecule has 1 rings (SSSR count). The Morgan fingerprint density at radius 2 is 1.95 bits per heavy atom. The zero-order chi connectivity index (χ0) is 14.6. The van der Waals surface area contributed by atoms with Crippen LogP contribution in [-0.2, 0) is 4.74 Å². The van der Waals surface area contributed by atoms with Gasteiger partial charge in [-0.15, -0.1) is 5.23 Å². The van der Waals surface area contributed by atoms with Crippen molar-refractivity contribution in [3.05, 3.63) is 28.1 Å². The Kier molecular flexibility index (Phi) is 4.89. The number of nitrogens with zero attached hydrogens (tertiary/aromatic N) is 2. The molecule has 0 saturated carbocycles. The molecule has 1 aromatic carbocycles. The molecule has 0 aromatic heterocycles. The summed E-state index contributed by atoms with van der Waals surface area (Å²) >= 11 is 0. The fourth-order valence-electron chi connectivity index (χ4n) is 1.45. The molecule has 0 bridgehead atoms. The van der Waals surface area contributed by atoms with Crippen molar-refractivity contribution in [2.75, 3.05) is 22.4 Å². The van der Waals surface area contributed by atoms with E-state index >= 15 is 0 Å². The number of aryl methyl sites for hydroxylation is 1. The van der Waals surface area contributed by atoms with Gasteiger partial charge in [-0.1, -0.05) is 0 Å². The molecule has 0 unspecified atom stereocenters. The smallest absolute Gasteiger partial charge is 0.411 e. The molecule has 0 aliphatic carbocycles. The third kappa shape index (κ3) is 3.69. The van der Waals surface area contributed by atoms with E-state index in [1.54, 1.807) is 6.92 Å². The maximum absolute atomic E-state index is 11.3. The Hall–Kier alpha value is -2.07. The second kappa shape index (κ2) is 6.20. The first kappa shape index (κ1) is 15.0. The standard InChI is InChI=1S/C10H13N3O6/c1-3-19-10(14)11-9-7(12(15)16)4-6(2)5-8(9)13(17)18/h4-5,15-16H,3H2,1-2H3,(H,11,14)/q-2. The highest BCUT2D eigenvalue weighted by atomic mass is 16.8. The highest BCUT2D eigenvalue weighted by molar-refractivity contribution is 5.96. The number of hydrogen-bond acceptors (Lipinski definition) is 8. The van der Waals surface area contributed by atoms with Gasteiger partial charge in [0.2, 0.25) is 0 Å². The molecule has 0 radical (unpaired) electrons. The molecule has 1 aromatic rings. The van der Waals surface area contributed by atoms with Crippen molar-refractivity contribution in [2.24, 2.45) is 0 Å². The molecule has 1 amide bonds. The van der Waals surface area contributed by atoms with E-state index in [0.717, 1.165) is 0 Å². The lowest BCUT2D eigenvalue weighted by molar-refractivity contribution is 0.0295. The van der Waals surface area contributed by atoms with Gasteiger partial charge in [0.05, 0.1) is 12.3 Å². The van der Waals surface area contributed by atoms with Crippen molar-refractivity contribution in [1.82, 2.24) is 0 Å². The molecule has 0 spiro atoms. The molecule has 0 saturated heterocycles. The molecule has 0 aliphatic rings. The Morgan fingerprint density at radius 3 is 2.42 bits per heavy atom. The summed E-state index contributed by atoms with van der Waals surface area (Å²) in [6, 6.07) is 2.45. The molecule has 19 heavy (non-hydrogen) atoms. The molecular formula is C10H13N3O6-2. The van der Waals surface area contributed by atoms with Crippen LogP contribution >= 0.6 is 0 Å². The topological polar surface area (TPSA) is 131 Å². The predicted octanol–water partition coefficient (Wildman–Crippen LogP) is 1.95. The molecule has 0 aliphatic heterocycles. The minimum Gasteiger partial charge on any atom is -0.769 e. The van der Waals surface area contributed by atoms with Gasteiger partial charge in [0.15, 0.2) is 0 Å². The number of carbonyl (C=O) groups excluding carboxylic acids is 1. The summed E-state index contributed by atoms with van der Waals surface area (Å²) in [7, 11) is 0. The zero-order valence-electron chi connectivity index (χ0n) is 10.3. The zero-order valence-corrected chi connectivity index (χ0v) is 10.3. The van der Waals surface area contributed by atoms with Crippen LogP contribution in [0.3, 0.4) is 0 Å². The number of amides is 1. The minimum absolute atomic E-state index is 0.0722. The van der Waals surface area contributed by atoms with Gasteiger partial charge in [-0.3, -0.25) is 15.7 Å². The third-order valence-corrected chi connectivity index (χ3v) is 2.16. The van der Waals surface area contributed by atoms with E-state index < -0.39 is 17.0 Å². The number of anilines is 3. The summed E-state index contributed by atoms with van der Waals surface area (Å²) in [4.78, 5) is 11.3. The Bertz CT molecular complexity index is 434. The molecule has 9 nitrogen and oxygen atoms in total. The Morgan fingerprint density at radius 1 is 1.37 bits per heavy atom. The molecule has 3 N–H and O–H groups in total.